The van der Waals surface area contributed by atoms with E-state index in [-0.39, 0.29) is 17.4 Å². The fourth-order valence-electron chi connectivity index (χ4n) is 2.49. The standard InChI is InChI=1S/C13H17F3N2/c1-9-4-2-3-7-18(9)12-6-5-10(17)8-11(12)13(14,15)16/h5-6,8-9H,2-4,7,17H2,1H3. The van der Waals surface area contributed by atoms with Crippen LogP contribution in [0, 0.1) is 0 Å². The number of piperidine rings is 1. The summed E-state index contributed by atoms with van der Waals surface area (Å²) < 4.78 is 39.1. The number of nitrogens with zero attached hydrogens (tertiary/aromatic N) is 1. The topological polar surface area (TPSA) is 29.3 Å². The van der Waals surface area contributed by atoms with Crippen LogP contribution < -0.4 is 10.6 Å². The predicted molar refractivity (Wildman–Crippen MR) is 66.5 cm³/mol. The monoisotopic (exact) mass is 258 g/mol. The van der Waals surface area contributed by atoms with Crippen molar-refractivity contribution in [1.82, 2.24) is 0 Å². The van der Waals surface area contributed by atoms with Crippen LogP contribution in [0.4, 0.5) is 24.5 Å². The largest absolute Gasteiger partial charge is 0.418 e. The zero-order valence-electron chi connectivity index (χ0n) is 10.3. The second kappa shape index (κ2) is 4.71. The van der Waals surface area contributed by atoms with Crippen LogP contribution in [0.5, 0.6) is 0 Å². The van der Waals surface area contributed by atoms with E-state index in [9.17, 15) is 13.2 Å². The first kappa shape index (κ1) is 13.1. The second-order valence-electron chi connectivity index (χ2n) is 4.81. The molecule has 2 N–H and O–H groups in total. The summed E-state index contributed by atoms with van der Waals surface area (Å²) >= 11 is 0. The third-order valence-electron chi connectivity index (χ3n) is 3.44. The van der Waals surface area contributed by atoms with E-state index < -0.39 is 11.7 Å². The number of anilines is 2. The molecule has 1 fully saturated rings. The van der Waals surface area contributed by atoms with Gasteiger partial charge in [-0.25, -0.2) is 0 Å². The maximum Gasteiger partial charge on any atom is 0.418 e. The Hall–Kier alpha value is -1.39. The molecule has 1 aliphatic rings. The van der Waals surface area contributed by atoms with E-state index in [4.69, 9.17) is 5.73 Å². The van der Waals surface area contributed by atoms with Crippen LogP contribution >= 0.6 is 0 Å². The van der Waals surface area contributed by atoms with Crippen molar-refractivity contribution < 1.29 is 13.2 Å². The fraction of sp³-hybridized carbons (Fsp3) is 0.538. The van der Waals surface area contributed by atoms with Gasteiger partial charge in [-0.1, -0.05) is 0 Å². The molecule has 1 unspecified atom stereocenters. The van der Waals surface area contributed by atoms with Crippen molar-refractivity contribution >= 4 is 11.4 Å². The Morgan fingerprint density at radius 2 is 2.00 bits per heavy atom. The Bertz CT molecular complexity index is 429. The number of hydrogen-bond donors (Lipinski definition) is 1. The average Bonchev–Trinajstić information content (AvgIpc) is 2.29. The molecule has 0 bridgehead atoms. The number of benzene rings is 1. The molecule has 1 aromatic carbocycles. The second-order valence-corrected chi connectivity index (χ2v) is 4.81. The van der Waals surface area contributed by atoms with Crippen molar-refractivity contribution in [3.63, 3.8) is 0 Å². The Balaban J connectivity index is 2.43. The highest BCUT2D eigenvalue weighted by molar-refractivity contribution is 5.61. The van der Waals surface area contributed by atoms with E-state index in [1.165, 1.54) is 12.1 Å². The molecule has 5 heteroatoms. The molecule has 0 saturated carbocycles. The van der Waals surface area contributed by atoms with Gasteiger partial charge in [-0.05, 0) is 44.4 Å². The molecule has 2 nitrogen and oxygen atoms in total. The summed E-state index contributed by atoms with van der Waals surface area (Å²) in [5.74, 6) is 0. The Morgan fingerprint density at radius 3 is 2.61 bits per heavy atom. The number of alkyl halides is 3. The van der Waals surface area contributed by atoms with Crippen molar-refractivity contribution in [2.75, 3.05) is 17.2 Å². The lowest BCUT2D eigenvalue weighted by Crippen LogP contribution is -2.38. The summed E-state index contributed by atoms with van der Waals surface area (Å²) in [6, 6.07) is 4.19. The van der Waals surface area contributed by atoms with Crippen LogP contribution in [0.3, 0.4) is 0 Å². The smallest absolute Gasteiger partial charge is 0.399 e. The Labute approximate surface area is 105 Å². The van der Waals surface area contributed by atoms with Crippen molar-refractivity contribution in [3.05, 3.63) is 23.8 Å². The molecular weight excluding hydrogens is 241 g/mol. The molecule has 1 heterocycles. The maximum atomic E-state index is 13.0. The van der Waals surface area contributed by atoms with Crippen molar-refractivity contribution in [3.8, 4) is 0 Å². The van der Waals surface area contributed by atoms with Crippen molar-refractivity contribution in [1.29, 1.82) is 0 Å². The highest BCUT2D eigenvalue weighted by Gasteiger charge is 2.36. The maximum absolute atomic E-state index is 13.0. The SMILES string of the molecule is CC1CCCCN1c1ccc(N)cc1C(F)(F)F. The van der Waals surface area contributed by atoms with Gasteiger partial charge in [0.05, 0.1) is 5.56 Å². The Kier molecular flexibility index (Phi) is 3.41. The van der Waals surface area contributed by atoms with Gasteiger partial charge in [0.1, 0.15) is 0 Å². The predicted octanol–water partition coefficient (Wildman–Crippen LogP) is 3.67. The highest BCUT2D eigenvalue weighted by atomic mass is 19.4. The first-order valence-electron chi connectivity index (χ1n) is 6.13. The first-order valence-corrected chi connectivity index (χ1v) is 6.13. The number of nitrogens with two attached hydrogens (primary N) is 1. The van der Waals surface area contributed by atoms with E-state index in [2.05, 4.69) is 0 Å². The summed E-state index contributed by atoms with van der Waals surface area (Å²) in [6.07, 6.45) is -1.41. The first-order chi connectivity index (χ1) is 8.39. The fourth-order valence-corrected chi connectivity index (χ4v) is 2.49. The van der Waals surface area contributed by atoms with E-state index in [0.717, 1.165) is 25.3 Å². The zero-order valence-corrected chi connectivity index (χ0v) is 10.3. The van der Waals surface area contributed by atoms with E-state index in [0.29, 0.717) is 6.54 Å². The minimum Gasteiger partial charge on any atom is -0.399 e. The van der Waals surface area contributed by atoms with Crippen LogP contribution in [0.2, 0.25) is 0 Å². The lowest BCUT2D eigenvalue weighted by Gasteiger charge is -2.37. The number of halogens is 3. The van der Waals surface area contributed by atoms with Gasteiger partial charge in [-0.2, -0.15) is 13.2 Å². The molecule has 0 aromatic heterocycles. The normalized spacial score (nSPS) is 21.1. The van der Waals surface area contributed by atoms with Crippen LogP contribution in [0.1, 0.15) is 31.7 Å². The van der Waals surface area contributed by atoms with Gasteiger partial charge < -0.3 is 10.6 Å². The molecule has 1 atom stereocenters. The summed E-state index contributed by atoms with van der Waals surface area (Å²) in [7, 11) is 0. The van der Waals surface area contributed by atoms with E-state index in [1.807, 2.05) is 11.8 Å². The quantitative estimate of drug-likeness (QED) is 0.779. The van der Waals surface area contributed by atoms with Crippen LogP contribution in [-0.4, -0.2) is 12.6 Å². The number of rotatable bonds is 1. The number of hydrogen-bond acceptors (Lipinski definition) is 2. The van der Waals surface area contributed by atoms with Gasteiger partial charge >= 0.3 is 6.18 Å². The zero-order chi connectivity index (χ0) is 13.3. The third-order valence-corrected chi connectivity index (χ3v) is 3.44. The molecule has 1 saturated heterocycles. The van der Waals surface area contributed by atoms with Gasteiger partial charge in [0.25, 0.3) is 0 Å². The molecule has 0 amide bonds. The van der Waals surface area contributed by atoms with Gasteiger partial charge in [-0.3, -0.25) is 0 Å². The molecular formula is C13H17F3N2. The van der Waals surface area contributed by atoms with Crippen LogP contribution in [-0.2, 0) is 6.18 Å². The lowest BCUT2D eigenvalue weighted by molar-refractivity contribution is -0.137. The molecule has 1 aromatic rings. The molecule has 0 aliphatic carbocycles. The molecule has 2 rings (SSSR count). The van der Waals surface area contributed by atoms with E-state index >= 15 is 0 Å². The molecule has 1 aliphatic heterocycles. The minimum absolute atomic E-state index is 0.142. The molecule has 100 valence electrons. The average molecular weight is 258 g/mol. The number of nitrogen functional groups attached to an aromatic ring is 1. The van der Waals surface area contributed by atoms with Crippen LogP contribution in [0.25, 0.3) is 0 Å². The summed E-state index contributed by atoms with van der Waals surface area (Å²) in [5, 5.41) is 0. The minimum atomic E-state index is -4.36. The van der Waals surface area contributed by atoms with Gasteiger partial charge in [0.2, 0.25) is 0 Å². The Morgan fingerprint density at radius 1 is 1.28 bits per heavy atom. The van der Waals surface area contributed by atoms with Crippen molar-refractivity contribution in [2.45, 2.75) is 38.4 Å². The van der Waals surface area contributed by atoms with Gasteiger partial charge in [-0.15, -0.1) is 0 Å². The van der Waals surface area contributed by atoms with E-state index in [1.54, 1.807) is 0 Å². The molecule has 18 heavy (non-hydrogen) atoms. The summed E-state index contributed by atoms with van der Waals surface area (Å²) in [4.78, 5) is 1.84. The third kappa shape index (κ3) is 2.54. The van der Waals surface area contributed by atoms with Gasteiger partial charge in [0.15, 0.2) is 0 Å². The lowest BCUT2D eigenvalue weighted by atomic mass is 10.0. The molecule has 0 radical (unpaired) electrons. The molecule has 0 spiro atoms. The summed E-state index contributed by atoms with van der Waals surface area (Å²) in [6.45, 7) is 2.64. The summed E-state index contributed by atoms with van der Waals surface area (Å²) in [5.41, 5.74) is 5.24. The van der Waals surface area contributed by atoms with Crippen molar-refractivity contribution in [2.24, 2.45) is 0 Å². The van der Waals surface area contributed by atoms with Gasteiger partial charge in [0, 0.05) is 24.0 Å². The van der Waals surface area contributed by atoms with Crippen LogP contribution in [0.15, 0.2) is 18.2 Å². The highest BCUT2D eigenvalue weighted by Crippen LogP contribution is 2.39.